The third-order valence-electron chi connectivity index (χ3n) is 6.15. The molecule has 19 nitrogen and oxygen atoms in total. The van der Waals surface area contributed by atoms with E-state index in [2.05, 4.69) is 0 Å². The Morgan fingerprint density at radius 2 is 1.26 bits per heavy atom. The van der Waals surface area contributed by atoms with Crippen LogP contribution in [0.15, 0.2) is 55.9 Å². The number of hydrogen-bond acceptors (Lipinski definition) is 14. The van der Waals surface area contributed by atoms with Crippen LogP contribution in [0.2, 0.25) is 0 Å². The van der Waals surface area contributed by atoms with Crippen LogP contribution in [-0.4, -0.2) is 95.0 Å². The SMILES string of the molecule is CCOCCCOP(=O)(C/C=C/Cn1cc(F)c(=O)[nH]c1=O)OCOC(=O)OC(C)C.CCOCCCOP(=O)(O)C/C=C/Cn1cc(F)c(=O)[nH]c1=O. The maximum atomic E-state index is 13.3. The summed E-state index contributed by atoms with van der Waals surface area (Å²) in [7, 11) is -7.46. The first-order valence-electron chi connectivity index (χ1n) is 16.6. The molecule has 0 saturated heterocycles. The van der Waals surface area contributed by atoms with Crippen molar-refractivity contribution < 1.29 is 60.1 Å². The fourth-order valence-electron chi connectivity index (χ4n) is 3.62. The van der Waals surface area contributed by atoms with Crippen LogP contribution >= 0.6 is 15.2 Å². The van der Waals surface area contributed by atoms with Gasteiger partial charge in [0.2, 0.25) is 18.4 Å². The number of carbonyl (C=O) groups is 1. The van der Waals surface area contributed by atoms with Gasteiger partial charge in [0.25, 0.3) is 11.1 Å². The lowest BCUT2D eigenvalue weighted by Crippen LogP contribution is -2.31. The molecular weight excluding hydrogens is 768 g/mol. The normalized spacial score (nSPS) is 13.8. The van der Waals surface area contributed by atoms with Gasteiger partial charge in [-0.05, 0) is 40.5 Å². The second kappa shape index (κ2) is 26.1. The quantitative estimate of drug-likeness (QED) is 0.0453. The maximum absolute atomic E-state index is 13.3. The third kappa shape index (κ3) is 21.2. The molecule has 0 spiro atoms. The molecule has 0 aliphatic rings. The third-order valence-corrected chi connectivity index (χ3v) is 9.14. The van der Waals surface area contributed by atoms with Crippen LogP contribution in [-0.2, 0) is 54.7 Å². The van der Waals surface area contributed by atoms with E-state index in [0.29, 0.717) is 39.3 Å². The molecule has 0 aliphatic heterocycles. The molecule has 0 bridgehead atoms. The number of carbonyl (C=O) groups excluding carboxylic acids is 1. The zero-order valence-electron chi connectivity index (χ0n) is 30.4. The Labute approximate surface area is 308 Å². The Balaban J connectivity index is 0.000000564. The van der Waals surface area contributed by atoms with Crippen LogP contribution in [0.4, 0.5) is 13.6 Å². The van der Waals surface area contributed by atoms with Gasteiger partial charge in [-0.15, -0.1) is 0 Å². The van der Waals surface area contributed by atoms with Gasteiger partial charge in [0.15, 0.2) is 0 Å². The molecule has 0 fully saturated rings. The first-order valence-corrected chi connectivity index (χ1v) is 20.1. The van der Waals surface area contributed by atoms with Gasteiger partial charge in [-0.25, -0.2) is 14.4 Å². The van der Waals surface area contributed by atoms with E-state index in [1.54, 1.807) is 13.8 Å². The Morgan fingerprint density at radius 3 is 1.74 bits per heavy atom. The summed E-state index contributed by atoms with van der Waals surface area (Å²) in [5.41, 5.74) is -3.75. The molecule has 2 rings (SSSR count). The van der Waals surface area contributed by atoms with Crippen molar-refractivity contribution in [3.05, 3.63) is 90.0 Å². The molecule has 306 valence electrons. The highest BCUT2D eigenvalue weighted by Gasteiger charge is 2.24. The summed E-state index contributed by atoms with van der Waals surface area (Å²) < 4.78 is 87.9. The summed E-state index contributed by atoms with van der Waals surface area (Å²) in [5, 5.41) is 0. The minimum Gasteiger partial charge on any atom is -0.432 e. The van der Waals surface area contributed by atoms with E-state index in [0.717, 1.165) is 21.5 Å². The van der Waals surface area contributed by atoms with E-state index in [1.165, 1.54) is 24.3 Å². The summed E-state index contributed by atoms with van der Waals surface area (Å²) in [6, 6.07) is 0. The average molecular weight is 817 g/mol. The van der Waals surface area contributed by atoms with Gasteiger partial charge in [-0.2, -0.15) is 8.78 Å². The summed E-state index contributed by atoms with van der Waals surface area (Å²) in [6.45, 7) is 8.33. The molecule has 2 aromatic rings. The Kier molecular flexibility index (Phi) is 23.3. The standard InChI is InChI=1S/C18H28FN2O9P.C13H20FN2O6P/c1-4-26-9-7-10-28-31(25,29-13-27-18(24)30-14(2)3)11-6-5-8-21-12-15(19)16(22)20-17(21)23;1-2-21-7-5-8-22-23(19,20)9-4-3-6-16-10-11(14)12(17)15-13(16)18/h5-6,12,14H,4,7-11,13H2,1-3H3,(H,20,22,23);3-4,10H,2,5-9H2,1H3,(H,19,20)(H,15,17,18)/b6-5+;4-3+. The second-order valence-electron chi connectivity index (χ2n) is 10.9. The summed E-state index contributed by atoms with van der Waals surface area (Å²) >= 11 is 0. The maximum Gasteiger partial charge on any atom is 0.510 e. The first kappa shape index (κ1) is 48.2. The molecular formula is C31H48F2N4O15P2. The van der Waals surface area contributed by atoms with Crippen molar-refractivity contribution in [3.63, 3.8) is 0 Å². The Hall–Kier alpha value is -3.81. The van der Waals surface area contributed by atoms with Crippen molar-refractivity contribution in [2.24, 2.45) is 0 Å². The highest BCUT2D eigenvalue weighted by Crippen LogP contribution is 2.48. The zero-order valence-corrected chi connectivity index (χ0v) is 32.2. The van der Waals surface area contributed by atoms with Gasteiger partial charge in [-0.1, -0.05) is 24.3 Å². The van der Waals surface area contributed by atoms with Crippen LogP contribution in [0.3, 0.4) is 0 Å². The van der Waals surface area contributed by atoms with Crippen molar-refractivity contribution in [3.8, 4) is 0 Å². The number of allylic oxidation sites excluding steroid dienone is 4. The van der Waals surface area contributed by atoms with Crippen molar-refractivity contribution in [2.75, 3.05) is 58.8 Å². The molecule has 2 unspecified atom stereocenters. The summed E-state index contributed by atoms with van der Waals surface area (Å²) in [4.78, 5) is 69.5. The molecule has 0 amide bonds. The number of rotatable bonds is 24. The predicted molar refractivity (Wildman–Crippen MR) is 191 cm³/mol. The van der Waals surface area contributed by atoms with Gasteiger partial charge >= 0.3 is 32.7 Å². The van der Waals surface area contributed by atoms with Crippen LogP contribution in [0, 0.1) is 11.6 Å². The zero-order chi connectivity index (χ0) is 40.6. The molecule has 0 aromatic carbocycles. The van der Waals surface area contributed by atoms with E-state index in [9.17, 15) is 46.8 Å². The number of ether oxygens (including phenoxy) is 4. The minimum absolute atomic E-state index is 0.0448. The molecule has 54 heavy (non-hydrogen) atoms. The lowest BCUT2D eigenvalue weighted by Gasteiger charge is -2.17. The number of nitrogens with one attached hydrogen (secondary N) is 2. The van der Waals surface area contributed by atoms with Crippen molar-refractivity contribution in [2.45, 2.75) is 59.7 Å². The second-order valence-corrected chi connectivity index (χ2v) is 14.9. The van der Waals surface area contributed by atoms with Gasteiger partial charge in [0.1, 0.15) is 0 Å². The fourth-order valence-corrected chi connectivity index (χ4v) is 5.87. The van der Waals surface area contributed by atoms with E-state index in [1.807, 2.05) is 23.8 Å². The van der Waals surface area contributed by atoms with E-state index in [-0.39, 0.29) is 38.6 Å². The lowest BCUT2D eigenvalue weighted by atomic mass is 10.5. The summed E-state index contributed by atoms with van der Waals surface area (Å²) in [6.07, 6.45) is 6.30. The van der Waals surface area contributed by atoms with Crippen LogP contribution in [0.5, 0.6) is 0 Å². The molecule has 23 heteroatoms. The van der Waals surface area contributed by atoms with Crippen molar-refractivity contribution in [1.29, 1.82) is 0 Å². The van der Waals surface area contributed by atoms with E-state index in [4.69, 9.17) is 32.5 Å². The van der Waals surface area contributed by atoms with Crippen LogP contribution < -0.4 is 22.5 Å². The highest BCUT2D eigenvalue weighted by molar-refractivity contribution is 7.54. The molecule has 0 aliphatic carbocycles. The highest BCUT2D eigenvalue weighted by atomic mass is 31.2. The Bertz CT molecular complexity index is 1820. The monoisotopic (exact) mass is 816 g/mol. The number of H-pyrrole nitrogens is 2. The number of nitrogens with zero attached hydrogens (tertiary/aromatic N) is 2. The number of aromatic amines is 2. The fraction of sp³-hybridized carbons (Fsp3) is 0.581. The van der Waals surface area contributed by atoms with Crippen molar-refractivity contribution >= 4 is 21.3 Å². The molecule has 0 radical (unpaired) electrons. The van der Waals surface area contributed by atoms with Crippen LogP contribution in [0.1, 0.15) is 40.5 Å². The summed E-state index contributed by atoms with van der Waals surface area (Å²) in [5.74, 6) is -2.19. The molecule has 2 atom stereocenters. The Morgan fingerprint density at radius 1 is 0.778 bits per heavy atom. The smallest absolute Gasteiger partial charge is 0.432 e. The average Bonchev–Trinajstić information content (AvgIpc) is 3.09. The van der Waals surface area contributed by atoms with Crippen molar-refractivity contribution in [1.82, 2.24) is 19.1 Å². The van der Waals surface area contributed by atoms with Gasteiger partial charge < -0.3 is 32.9 Å². The molecule has 2 aromatic heterocycles. The lowest BCUT2D eigenvalue weighted by molar-refractivity contribution is -0.0130. The predicted octanol–water partition coefficient (Wildman–Crippen LogP) is 3.26. The van der Waals surface area contributed by atoms with Gasteiger partial charge in [-0.3, -0.25) is 42.3 Å². The topological polar surface area (TPSA) is 246 Å². The largest absolute Gasteiger partial charge is 0.510 e. The number of halogens is 2. The van der Waals surface area contributed by atoms with E-state index < -0.39 is 68.4 Å². The first-order chi connectivity index (χ1) is 25.5. The van der Waals surface area contributed by atoms with Crippen LogP contribution in [0.25, 0.3) is 0 Å². The molecule has 3 N–H and O–H groups in total. The number of aromatic nitrogens is 4. The number of hydrogen-bond donors (Lipinski definition) is 3. The van der Waals surface area contributed by atoms with Gasteiger partial charge in [0.05, 0.1) is 44.0 Å². The minimum atomic E-state index is -3.75. The molecule has 2 heterocycles. The van der Waals surface area contributed by atoms with E-state index >= 15 is 0 Å². The molecule has 0 saturated carbocycles. The van der Waals surface area contributed by atoms with Gasteiger partial charge in [0, 0.05) is 39.5 Å².